The lowest BCUT2D eigenvalue weighted by molar-refractivity contribution is -0.137. The van der Waals surface area contributed by atoms with Crippen LogP contribution in [0, 0.1) is 11.3 Å². The van der Waals surface area contributed by atoms with Gasteiger partial charge in [-0.1, -0.05) is 13.8 Å². The molecule has 0 aliphatic carbocycles. The fraction of sp³-hybridized carbons (Fsp3) is 0.565. The molecule has 0 aromatic heterocycles. The predicted molar refractivity (Wildman–Crippen MR) is 109 cm³/mol. The van der Waals surface area contributed by atoms with Crippen LogP contribution in [0.5, 0.6) is 5.75 Å². The zero-order chi connectivity index (χ0) is 20.6. The highest BCUT2D eigenvalue weighted by Crippen LogP contribution is 2.49. The summed E-state index contributed by atoms with van der Waals surface area (Å²) >= 11 is 0. The van der Waals surface area contributed by atoms with Gasteiger partial charge in [0.2, 0.25) is 5.91 Å². The number of benzene rings is 1. The molecular weight excluding hydrogens is 366 g/mol. The molecule has 0 N–H and O–H groups in total. The maximum absolute atomic E-state index is 12.7. The van der Waals surface area contributed by atoms with Crippen LogP contribution in [0.4, 0.5) is 0 Å². The molecule has 0 radical (unpaired) electrons. The van der Waals surface area contributed by atoms with Gasteiger partial charge in [-0.25, -0.2) is 0 Å². The van der Waals surface area contributed by atoms with Crippen molar-refractivity contribution in [2.24, 2.45) is 0 Å². The number of hydrogen-bond donors (Lipinski definition) is 0. The predicted octanol–water partition coefficient (Wildman–Crippen LogP) is 3.39. The molecule has 1 amide bonds. The summed E-state index contributed by atoms with van der Waals surface area (Å²) in [5.74, 6) is 1.78. The van der Waals surface area contributed by atoms with Gasteiger partial charge in [0.15, 0.2) is 11.7 Å². The van der Waals surface area contributed by atoms with E-state index in [1.165, 1.54) is 0 Å². The second-order valence-electron chi connectivity index (χ2n) is 8.30. The van der Waals surface area contributed by atoms with E-state index < -0.39 is 5.60 Å². The smallest absolute Gasteiger partial charge is 0.223 e. The first-order valence-corrected chi connectivity index (χ1v) is 10.6. The minimum atomic E-state index is -0.643. The zero-order valence-electron chi connectivity index (χ0n) is 17.5. The van der Waals surface area contributed by atoms with E-state index in [1.54, 1.807) is 6.07 Å². The summed E-state index contributed by atoms with van der Waals surface area (Å²) in [5, 5.41) is 9.38. The fourth-order valence-corrected chi connectivity index (χ4v) is 4.79. The summed E-state index contributed by atoms with van der Waals surface area (Å²) in [6.45, 7) is 9.78. The van der Waals surface area contributed by atoms with Crippen molar-refractivity contribution < 1.29 is 14.3 Å². The van der Waals surface area contributed by atoms with Gasteiger partial charge in [0.25, 0.3) is 0 Å². The summed E-state index contributed by atoms with van der Waals surface area (Å²) < 4.78 is 12.9. The molecule has 3 aliphatic heterocycles. The topological polar surface area (TPSA) is 65.8 Å². The largest absolute Gasteiger partial charge is 0.486 e. The Morgan fingerprint density at radius 3 is 2.86 bits per heavy atom. The van der Waals surface area contributed by atoms with Crippen LogP contribution in [0.25, 0.3) is 0 Å². The minimum Gasteiger partial charge on any atom is -0.486 e. The summed E-state index contributed by atoms with van der Waals surface area (Å²) in [6.07, 6.45) is 4.28. The SMILES string of the molecule is CCCN(CC)CC1=CC2(C)Oc3ccc(C#N)cc3C(N3CCCC3=O)C2O1. The molecule has 1 aromatic carbocycles. The van der Waals surface area contributed by atoms with Crippen LogP contribution in [-0.2, 0) is 9.53 Å². The molecule has 6 nitrogen and oxygen atoms in total. The molecule has 3 unspecified atom stereocenters. The maximum Gasteiger partial charge on any atom is 0.223 e. The molecule has 3 aliphatic rings. The Hall–Kier alpha value is -2.52. The highest BCUT2D eigenvalue weighted by Gasteiger charge is 2.54. The Bertz CT molecular complexity index is 875. The first kappa shape index (κ1) is 19.8. The highest BCUT2D eigenvalue weighted by atomic mass is 16.6. The van der Waals surface area contributed by atoms with Gasteiger partial charge >= 0.3 is 0 Å². The minimum absolute atomic E-state index is 0.144. The van der Waals surface area contributed by atoms with Crippen molar-refractivity contribution in [3.05, 3.63) is 41.2 Å². The van der Waals surface area contributed by atoms with E-state index in [0.29, 0.717) is 18.5 Å². The molecule has 1 fully saturated rings. The van der Waals surface area contributed by atoms with Crippen molar-refractivity contribution >= 4 is 5.91 Å². The summed E-state index contributed by atoms with van der Waals surface area (Å²) in [6, 6.07) is 7.43. The van der Waals surface area contributed by atoms with Crippen LogP contribution in [0.1, 0.15) is 57.2 Å². The second-order valence-corrected chi connectivity index (χ2v) is 8.30. The lowest BCUT2D eigenvalue weighted by Crippen LogP contribution is -2.53. The number of likely N-dealkylation sites (tertiary alicyclic amines) is 1. The van der Waals surface area contributed by atoms with Crippen LogP contribution in [0.3, 0.4) is 0 Å². The lowest BCUT2D eigenvalue weighted by atomic mass is 9.84. The molecular formula is C23H29N3O3. The van der Waals surface area contributed by atoms with Crippen LogP contribution < -0.4 is 4.74 Å². The highest BCUT2D eigenvalue weighted by molar-refractivity contribution is 5.79. The van der Waals surface area contributed by atoms with Gasteiger partial charge in [-0.15, -0.1) is 0 Å². The first-order chi connectivity index (χ1) is 14.0. The molecule has 1 saturated heterocycles. The number of rotatable bonds is 6. The first-order valence-electron chi connectivity index (χ1n) is 10.6. The van der Waals surface area contributed by atoms with Gasteiger partial charge in [-0.2, -0.15) is 5.26 Å². The Morgan fingerprint density at radius 2 is 2.21 bits per heavy atom. The van der Waals surface area contributed by atoms with Gasteiger partial charge in [0, 0.05) is 24.6 Å². The van der Waals surface area contributed by atoms with E-state index in [0.717, 1.165) is 49.5 Å². The molecule has 0 saturated carbocycles. The molecule has 3 atom stereocenters. The lowest BCUT2D eigenvalue weighted by Gasteiger charge is -2.44. The molecule has 0 bridgehead atoms. The Kier molecular flexibility index (Phi) is 5.26. The number of hydrogen-bond acceptors (Lipinski definition) is 5. The number of ether oxygens (including phenoxy) is 2. The average molecular weight is 396 g/mol. The normalized spacial score (nSPS) is 27.8. The standard InChI is InChI=1S/C23H29N3O3/c1-4-10-25(5-2)15-17-13-23(3)22(28-17)21(26-11-6-7-20(26)27)18-12-16(14-24)8-9-19(18)29-23/h8-9,12-13,21-22H,4-7,10-11,15H2,1-3H3. The van der Waals surface area contributed by atoms with Gasteiger partial charge in [0.1, 0.15) is 17.6 Å². The fourth-order valence-electron chi connectivity index (χ4n) is 4.79. The number of fused-ring (bicyclic) bond motifs is 2. The van der Waals surface area contributed by atoms with E-state index in [-0.39, 0.29) is 18.1 Å². The van der Waals surface area contributed by atoms with Gasteiger partial charge < -0.3 is 14.4 Å². The van der Waals surface area contributed by atoms with E-state index in [2.05, 4.69) is 30.9 Å². The Balaban J connectivity index is 1.70. The molecule has 6 heteroatoms. The van der Waals surface area contributed by atoms with E-state index in [1.807, 2.05) is 24.0 Å². The molecule has 3 heterocycles. The third-order valence-corrected chi connectivity index (χ3v) is 6.18. The molecule has 154 valence electrons. The summed E-state index contributed by atoms with van der Waals surface area (Å²) in [5.41, 5.74) is 0.798. The van der Waals surface area contributed by atoms with Crippen molar-refractivity contribution in [3.8, 4) is 11.8 Å². The number of carbonyl (C=O) groups excluding carboxylic acids is 1. The monoisotopic (exact) mass is 395 g/mol. The number of nitrogens with zero attached hydrogens (tertiary/aromatic N) is 3. The van der Waals surface area contributed by atoms with Crippen molar-refractivity contribution in [2.45, 2.75) is 57.8 Å². The summed E-state index contributed by atoms with van der Waals surface area (Å²) in [7, 11) is 0. The number of amides is 1. The van der Waals surface area contributed by atoms with Crippen molar-refractivity contribution in [1.29, 1.82) is 5.26 Å². The van der Waals surface area contributed by atoms with E-state index in [9.17, 15) is 10.1 Å². The van der Waals surface area contributed by atoms with Crippen molar-refractivity contribution in [3.63, 3.8) is 0 Å². The van der Waals surface area contributed by atoms with Crippen LogP contribution in [0.2, 0.25) is 0 Å². The molecule has 1 aromatic rings. The maximum atomic E-state index is 12.7. The van der Waals surface area contributed by atoms with Gasteiger partial charge in [0.05, 0.1) is 18.2 Å². The van der Waals surface area contributed by atoms with Crippen molar-refractivity contribution in [2.75, 3.05) is 26.2 Å². The average Bonchev–Trinajstić information content (AvgIpc) is 3.27. The zero-order valence-corrected chi connectivity index (χ0v) is 17.5. The Labute approximate surface area is 172 Å². The van der Waals surface area contributed by atoms with Crippen LogP contribution in [-0.4, -0.2) is 53.6 Å². The second kappa shape index (κ2) is 7.72. The van der Waals surface area contributed by atoms with Crippen LogP contribution in [0.15, 0.2) is 30.0 Å². The van der Waals surface area contributed by atoms with Crippen LogP contribution >= 0.6 is 0 Å². The Morgan fingerprint density at radius 1 is 1.38 bits per heavy atom. The third kappa shape index (κ3) is 3.49. The van der Waals surface area contributed by atoms with Gasteiger partial charge in [-0.05, 0) is 51.1 Å². The molecule has 29 heavy (non-hydrogen) atoms. The number of likely N-dealkylation sites (N-methyl/N-ethyl adjacent to an activating group) is 1. The molecule has 4 rings (SSSR count). The number of carbonyl (C=O) groups is 1. The third-order valence-electron chi connectivity index (χ3n) is 6.18. The van der Waals surface area contributed by atoms with E-state index >= 15 is 0 Å². The van der Waals surface area contributed by atoms with Gasteiger partial charge in [-0.3, -0.25) is 9.69 Å². The molecule has 0 spiro atoms. The quantitative estimate of drug-likeness (QED) is 0.739. The summed E-state index contributed by atoms with van der Waals surface area (Å²) in [4.78, 5) is 16.9. The van der Waals surface area contributed by atoms with Crippen molar-refractivity contribution in [1.82, 2.24) is 9.80 Å². The number of nitriles is 1. The van der Waals surface area contributed by atoms with E-state index in [4.69, 9.17) is 9.47 Å².